The Kier molecular flexibility index (Phi) is 3.76. The molecule has 0 aliphatic carbocycles. The lowest BCUT2D eigenvalue weighted by Crippen LogP contribution is -2.27. The number of imidazole rings is 1. The van der Waals surface area contributed by atoms with E-state index in [1.807, 2.05) is 17.8 Å². The molecular formula is C12H13BrN4O. The van der Waals surface area contributed by atoms with Crippen LogP contribution >= 0.6 is 15.9 Å². The van der Waals surface area contributed by atoms with Gasteiger partial charge in [-0.3, -0.25) is 4.79 Å². The monoisotopic (exact) mass is 308 g/mol. The molecule has 5 nitrogen and oxygen atoms in total. The maximum atomic E-state index is 12.2. The largest absolute Gasteiger partial charge is 0.337 e. The van der Waals surface area contributed by atoms with Crippen molar-refractivity contribution >= 4 is 21.8 Å². The predicted molar refractivity (Wildman–Crippen MR) is 70.9 cm³/mol. The van der Waals surface area contributed by atoms with Crippen LogP contribution in [-0.2, 0) is 13.6 Å². The maximum absolute atomic E-state index is 12.2. The summed E-state index contributed by atoms with van der Waals surface area (Å²) in [6.45, 7) is 0.474. The van der Waals surface area contributed by atoms with Gasteiger partial charge >= 0.3 is 0 Å². The first-order valence-electron chi connectivity index (χ1n) is 5.41. The fourth-order valence-electron chi connectivity index (χ4n) is 1.59. The highest BCUT2D eigenvalue weighted by molar-refractivity contribution is 9.10. The number of aromatic nitrogens is 3. The molecule has 0 saturated carbocycles. The van der Waals surface area contributed by atoms with Crippen molar-refractivity contribution in [2.45, 2.75) is 6.54 Å². The average Bonchev–Trinajstić information content (AvgIpc) is 2.74. The van der Waals surface area contributed by atoms with Crippen LogP contribution in [-0.4, -0.2) is 32.4 Å². The van der Waals surface area contributed by atoms with Gasteiger partial charge in [0.2, 0.25) is 0 Å². The van der Waals surface area contributed by atoms with E-state index >= 15 is 0 Å². The Labute approximate surface area is 114 Å². The van der Waals surface area contributed by atoms with Gasteiger partial charge in [-0.05, 0) is 28.1 Å². The quantitative estimate of drug-likeness (QED) is 0.813. The second kappa shape index (κ2) is 5.30. The van der Waals surface area contributed by atoms with Crippen LogP contribution in [0.1, 0.15) is 16.2 Å². The zero-order valence-corrected chi connectivity index (χ0v) is 11.8. The lowest BCUT2D eigenvalue weighted by atomic mass is 10.2. The van der Waals surface area contributed by atoms with E-state index in [0.717, 1.165) is 5.82 Å². The number of amides is 1. The number of nitrogens with zero attached hydrogens (tertiary/aromatic N) is 4. The molecule has 0 aliphatic rings. The molecule has 2 aromatic heterocycles. The van der Waals surface area contributed by atoms with Gasteiger partial charge in [-0.1, -0.05) is 0 Å². The molecule has 94 valence electrons. The van der Waals surface area contributed by atoms with Crippen LogP contribution in [0.2, 0.25) is 0 Å². The predicted octanol–water partition coefficient (Wildman–Crippen LogP) is 1.85. The van der Waals surface area contributed by atoms with Crippen LogP contribution in [0.5, 0.6) is 0 Å². The summed E-state index contributed by atoms with van der Waals surface area (Å²) in [5, 5.41) is 0. The van der Waals surface area contributed by atoms with E-state index in [2.05, 4.69) is 25.9 Å². The summed E-state index contributed by atoms with van der Waals surface area (Å²) in [4.78, 5) is 22.0. The van der Waals surface area contributed by atoms with E-state index in [1.165, 1.54) is 0 Å². The Morgan fingerprint density at radius 1 is 1.44 bits per heavy atom. The molecule has 0 spiro atoms. The Morgan fingerprint density at radius 2 is 2.22 bits per heavy atom. The summed E-state index contributed by atoms with van der Waals surface area (Å²) in [7, 11) is 3.66. The number of hydrogen-bond acceptors (Lipinski definition) is 3. The minimum absolute atomic E-state index is 0.0545. The number of aryl methyl sites for hydroxylation is 1. The summed E-state index contributed by atoms with van der Waals surface area (Å²) < 4.78 is 2.55. The third kappa shape index (κ3) is 2.76. The molecule has 6 heteroatoms. The molecule has 0 fully saturated rings. The molecule has 0 aliphatic heterocycles. The third-order valence-electron chi connectivity index (χ3n) is 2.62. The third-order valence-corrected chi connectivity index (χ3v) is 3.05. The highest BCUT2D eigenvalue weighted by Gasteiger charge is 2.14. The van der Waals surface area contributed by atoms with Gasteiger partial charge in [-0.2, -0.15) is 0 Å². The van der Waals surface area contributed by atoms with E-state index in [-0.39, 0.29) is 5.91 Å². The van der Waals surface area contributed by atoms with Gasteiger partial charge in [0.15, 0.2) is 0 Å². The molecule has 0 radical (unpaired) electrons. The normalized spacial score (nSPS) is 10.4. The van der Waals surface area contributed by atoms with E-state index in [4.69, 9.17) is 0 Å². The Balaban J connectivity index is 2.12. The van der Waals surface area contributed by atoms with Gasteiger partial charge < -0.3 is 9.47 Å². The standard InChI is InChI=1S/C12H13BrN4O/c1-16-6-5-15-11(16)8-17(2)12(18)9-3-4-14-10(13)7-9/h3-7H,8H2,1-2H3. The fourth-order valence-corrected chi connectivity index (χ4v) is 1.95. The number of hydrogen-bond donors (Lipinski definition) is 0. The molecule has 2 aromatic rings. The Hall–Kier alpha value is -1.69. The molecule has 1 amide bonds. The van der Waals surface area contributed by atoms with Crippen LogP contribution in [0, 0.1) is 0 Å². The molecule has 2 rings (SSSR count). The van der Waals surface area contributed by atoms with Crippen LogP contribution in [0.3, 0.4) is 0 Å². The van der Waals surface area contributed by atoms with Crippen LogP contribution in [0.4, 0.5) is 0 Å². The summed E-state index contributed by atoms with van der Waals surface area (Å²) in [5.74, 6) is 0.792. The van der Waals surface area contributed by atoms with E-state index in [0.29, 0.717) is 16.7 Å². The van der Waals surface area contributed by atoms with Crippen molar-refractivity contribution < 1.29 is 4.79 Å². The summed E-state index contributed by atoms with van der Waals surface area (Å²) in [6, 6.07) is 3.40. The molecule has 0 aromatic carbocycles. The molecule has 2 heterocycles. The highest BCUT2D eigenvalue weighted by Crippen LogP contribution is 2.11. The van der Waals surface area contributed by atoms with Gasteiger partial charge in [0.05, 0.1) is 6.54 Å². The fraction of sp³-hybridized carbons (Fsp3) is 0.250. The van der Waals surface area contributed by atoms with Gasteiger partial charge in [-0.25, -0.2) is 9.97 Å². The number of carbonyl (C=O) groups excluding carboxylic acids is 1. The van der Waals surface area contributed by atoms with Crippen molar-refractivity contribution in [3.63, 3.8) is 0 Å². The van der Waals surface area contributed by atoms with Gasteiger partial charge in [0.25, 0.3) is 5.91 Å². The molecule has 0 N–H and O–H groups in total. The zero-order chi connectivity index (χ0) is 13.1. The number of pyridine rings is 1. The number of rotatable bonds is 3. The topological polar surface area (TPSA) is 51.0 Å². The smallest absolute Gasteiger partial charge is 0.254 e. The maximum Gasteiger partial charge on any atom is 0.254 e. The Morgan fingerprint density at radius 3 is 2.83 bits per heavy atom. The molecule has 0 atom stereocenters. The van der Waals surface area contributed by atoms with E-state index < -0.39 is 0 Å². The molecule has 0 saturated heterocycles. The lowest BCUT2D eigenvalue weighted by Gasteiger charge is -2.16. The second-order valence-electron chi connectivity index (χ2n) is 3.98. The van der Waals surface area contributed by atoms with Gasteiger partial charge in [0, 0.05) is 38.2 Å². The van der Waals surface area contributed by atoms with E-state index in [9.17, 15) is 4.79 Å². The van der Waals surface area contributed by atoms with Crippen molar-refractivity contribution in [3.05, 3.63) is 46.7 Å². The minimum atomic E-state index is -0.0545. The first-order chi connectivity index (χ1) is 8.58. The summed E-state index contributed by atoms with van der Waals surface area (Å²) in [5.41, 5.74) is 0.605. The van der Waals surface area contributed by atoms with Crippen LogP contribution in [0.25, 0.3) is 0 Å². The van der Waals surface area contributed by atoms with E-state index in [1.54, 1.807) is 36.5 Å². The van der Waals surface area contributed by atoms with Gasteiger partial charge in [-0.15, -0.1) is 0 Å². The highest BCUT2D eigenvalue weighted by atomic mass is 79.9. The van der Waals surface area contributed by atoms with Crippen molar-refractivity contribution in [2.24, 2.45) is 7.05 Å². The van der Waals surface area contributed by atoms with Crippen molar-refractivity contribution in [1.29, 1.82) is 0 Å². The summed E-state index contributed by atoms with van der Waals surface area (Å²) >= 11 is 3.25. The Bertz CT molecular complexity index is 567. The molecule has 0 unspecified atom stereocenters. The second-order valence-corrected chi connectivity index (χ2v) is 4.80. The lowest BCUT2D eigenvalue weighted by molar-refractivity contribution is 0.0780. The molecule has 18 heavy (non-hydrogen) atoms. The minimum Gasteiger partial charge on any atom is -0.337 e. The van der Waals surface area contributed by atoms with Crippen molar-refractivity contribution in [1.82, 2.24) is 19.4 Å². The summed E-state index contributed by atoms with van der Waals surface area (Å²) in [6.07, 6.45) is 5.18. The average molecular weight is 309 g/mol. The molecular weight excluding hydrogens is 296 g/mol. The number of carbonyl (C=O) groups is 1. The SMILES string of the molecule is CN(Cc1nccn1C)C(=O)c1ccnc(Br)c1. The van der Waals surface area contributed by atoms with Gasteiger partial charge in [0.1, 0.15) is 10.4 Å². The van der Waals surface area contributed by atoms with Crippen molar-refractivity contribution in [2.75, 3.05) is 7.05 Å². The first kappa shape index (κ1) is 12.8. The van der Waals surface area contributed by atoms with Crippen LogP contribution in [0.15, 0.2) is 35.3 Å². The van der Waals surface area contributed by atoms with Crippen LogP contribution < -0.4 is 0 Å². The first-order valence-corrected chi connectivity index (χ1v) is 6.20. The van der Waals surface area contributed by atoms with Crippen molar-refractivity contribution in [3.8, 4) is 0 Å². The zero-order valence-electron chi connectivity index (χ0n) is 10.2. The molecule has 0 bridgehead atoms. The number of halogens is 1.